The molecule has 9 nitrogen and oxygen atoms in total. The number of aromatic nitrogens is 1. The number of fused-ring (bicyclic) bond motifs is 1. The van der Waals surface area contributed by atoms with Crippen molar-refractivity contribution in [3.8, 4) is 22.6 Å². The second-order valence-corrected chi connectivity index (χ2v) is 8.12. The van der Waals surface area contributed by atoms with E-state index in [1.807, 2.05) is 48.5 Å². The Morgan fingerprint density at radius 3 is 2.46 bits per heavy atom. The van der Waals surface area contributed by atoms with Gasteiger partial charge < -0.3 is 19.9 Å². The molecule has 0 unspecified atom stereocenters. The summed E-state index contributed by atoms with van der Waals surface area (Å²) in [7, 11) is 3.15. The molecule has 0 aliphatic carbocycles. The number of hydrogen-bond acceptors (Lipinski definition) is 7. The monoisotopic (exact) mass is 470 g/mol. The van der Waals surface area contributed by atoms with E-state index < -0.39 is 4.92 Å². The zero-order valence-electron chi connectivity index (χ0n) is 19.1. The Kier molecular flexibility index (Phi) is 5.66. The van der Waals surface area contributed by atoms with Gasteiger partial charge in [0.1, 0.15) is 0 Å². The number of nitro groups is 1. The Morgan fingerprint density at radius 1 is 0.971 bits per heavy atom. The van der Waals surface area contributed by atoms with E-state index in [4.69, 9.17) is 9.47 Å². The number of ether oxygens (including phenoxy) is 2. The number of nitrogens with one attached hydrogen (secondary N) is 2. The standard InChI is InChI=1S/C26H22N4O5/c1-34-22-11-8-16(12-23(22)35-2)20-14-21(29-28-20)25-24(15-6-4-3-5-7-15)18-13-17(30(32)33)9-10-19(18)27-26(25)31/h3-13,20,28H,14H2,1-2H3,(H,27,31)/t20-/m1/s1. The average Bonchev–Trinajstić information content (AvgIpc) is 3.37. The first-order valence-corrected chi connectivity index (χ1v) is 10.9. The van der Waals surface area contributed by atoms with Crippen LogP contribution in [-0.4, -0.2) is 29.8 Å². The minimum Gasteiger partial charge on any atom is -0.493 e. The summed E-state index contributed by atoms with van der Waals surface area (Å²) in [5.41, 5.74) is 6.55. The van der Waals surface area contributed by atoms with E-state index in [1.54, 1.807) is 20.3 Å². The maximum Gasteiger partial charge on any atom is 0.270 e. The van der Waals surface area contributed by atoms with Crippen LogP contribution in [0.25, 0.3) is 22.0 Å². The molecular weight excluding hydrogens is 448 g/mol. The molecule has 5 rings (SSSR count). The van der Waals surface area contributed by atoms with Crippen LogP contribution in [0.1, 0.15) is 23.6 Å². The largest absolute Gasteiger partial charge is 0.493 e. The van der Waals surface area contributed by atoms with Crippen molar-refractivity contribution in [2.45, 2.75) is 12.5 Å². The second kappa shape index (κ2) is 8.94. The molecule has 0 spiro atoms. The van der Waals surface area contributed by atoms with Gasteiger partial charge in [-0.2, -0.15) is 5.10 Å². The third-order valence-electron chi connectivity index (χ3n) is 6.12. The molecule has 176 valence electrons. The van der Waals surface area contributed by atoms with Crippen LogP contribution in [0.2, 0.25) is 0 Å². The summed E-state index contributed by atoms with van der Waals surface area (Å²) in [6.07, 6.45) is 0.443. The molecule has 9 heteroatoms. The highest BCUT2D eigenvalue weighted by Crippen LogP contribution is 2.36. The number of hydrazone groups is 1. The zero-order chi connectivity index (χ0) is 24.5. The van der Waals surface area contributed by atoms with Crippen LogP contribution in [-0.2, 0) is 0 Å². The van der Waals surface area contributed by atoms with Crippen molar-refractivity contribution in [2.24, 2.45) is 5.10 Å². The summed E-state index contributed by atoms with van der Waals surface area (Å²) >= 11 is 0. The molecule has 2 N–H and O–H groups in total. The van der Waals surface area contributed by atoms with Crippen molar-refractivity contribution in [2.75, 3.05) is 14.2 Å². The molecule has 1 atom stereocenters. The SMILES string of the molecule is COc1ccc([C@H]2CC(c3c(-c4ccccc4)c4cc([N+](=O)[O-])ccc4[nH]c3=O)=NN2)cc1OC. The van der Waals surface area contributed by atoms with E-state index in [1.165, 1.54) is 12.1 Å². The Labute approximate surface area is 200 Å². The third kappa shape index (κ3) is 3.97. The lowest BCUT2D eigenvalue weighted by molar-refractivity contribution is -0.384. The maximum atomic E-state index is 13.3. The van der Waals surface area contributed by atoms with Crippen molar-refractivity contribution in [1.29, 1.82) is 0 Å². The predicted molar refractivity (Wildman–Crippen MR) is 133 cm³/mol. The molecular formula is C26H22N4O5. The summed E-state index contributed by atoms with van der Waals surface area (Å²) < 4.78 is 10.7. The molecule has 0 amide bonds. The van der Waals surface area contributed by atoms with Gasteiger partial charge in [0.2, 0.25) is 0 Å². The quantitative estimate of drug-likeness (QED) is 0.315. The van der Waals surface area contributed by atoms with Crippen LogP contribution in [0.3, 0.4) is 0 Å². The summed E-state index contributed by atoms with van der Waals surface area (Å²) in [6, 6.07) is 19.2. The summed E-state index contributed by atoms with van der Waals surface area (Å²) in [6.45, 7) is 0. The molecule has 0 bridgehead atoms. The molecule has 3 aromatic carbocycles. The lowest BCUT2D eigenvalue weighted by Gasteiger charge is -2.15. The van der Waals surface area contributed by atoms with Gasteiger partial charge in [0, 0.05) is 35.0 Å². The predicted octanol–water partition coefficient (Wildman–Crippen LogP) is 4.56. The number of nitro benzene ring substituents is 1. The molecule has 2 heterocycles. The van der Waals surface area contributed by atoms with Gasteiger partial charge in [-0.15, -0.1) is 0 Å². The Balaban J connectivity index is 1.64. The lowest BCUT2D eigenvalue weighted by atomic mass is 9.91. The Hall–Kier alpha value is -4.66. The number of rotatable bonds is 6. The van der Waals surface area contributed by atoms with Crippen LogP contribution < -0.4 is 20.5 Å². The van der Waals surface area contributed by atoms with Crippen molar-refractivity contribution in [3.63, 3.8) is 0 Å². The normalized spacial score (nSPS) is 14.9. The fourth-order valence-electron chi connectivity index (χ4n) is 4.44. The molecule has 0 saturated carbocycles. The van der Waals surface area contributed by atoms with Crippen molar-refractivity contribution >= 4 is 22.3 Å². The molecule has 0 radical (unpaired) electrons. The summed E-state index contributed by atoms with van der Waals surface area (Å²) in [5, 5.41) is 16.6. The average molecular weight is 470 g/mol. The summed E-state index contributed by atoms with van der Waals surface area (Å²) in [5.74, 6) is 1.22. The first kappa shape index (κ1) is 22.1. The number of hydrogen-bond donors (Lipinski definition) is 2. The molecule has 1 aliphatic heterocycles. The van der Waals surface area contributed by atoms with E-state index in [0.717, 1.165) is 11.1 Å². The first-order chi connectivity index (χ1) is 17.0. The van der Waals surface area contributed by atoms with E-state index >= 15 is 0 Å². The number of benzene rings is 3. The Bertz CT molecular complexity index is 1530. The van der Waals surface area contributed by atoms with Gasteiger partial charge in [-0.1, -0.05) is 36.4 Å². The van der Waals surface area contributed by atoms with Gasteiger partial charge >= 0.3 is 0 Å². The van der Waals surface area contributed by atoms with Crippen LogP contribution in [0.5, 0.6) is 11.5 Å². The van der Waals surface area contributed by atoms with Gasteiger partial charge in [-0.25, -0.2) is 0 Å². The van der Waals surface area contributed by atoms with Gasteiger partial charge in [-0.3, -0.25) is 14.9 Å². The van der Waals surface area contributed by atoms with Gasteiger partial charge in [0.05, 0.1) is 36.5 Å². The third-order valence-corrected chi connectivity index (χ3v) is 6.12. The fraction of sp³-hybridized carbons (Fsp3) is 0.154. The lowest BCUT2D eigenvalue weighted by Crippen LogP contribution is -2.20. The van der Waals surface area contributed by atoms with Gasteiger partial charge in [0.15, 0.2) is 11.5 Å². The van der Waals surface area contributed by atoms with Crippen LogP contribution in [0, 0.1) is 10.1 Å². The highest BCUT2D eigenvalue weighted by molar-refractivity contribution is 6.12. The van der Waals surface area contributed by atoms with E-state index in [-0.39, 0.29) is 17.3 Å². The molecule has 35 heavy (non-hydrogen) atoms. The van der Waals surface area contributed by atoms with E-state index in [0.29, 0.717) is 45.7 Å². The number of nitrogens with zero attached hydrogens (tertiary/aromatic N) is 2. The van der Waals surface area contributed by atoms with Crippen LogP contribution >= 0.6 is 0 Å². The van der Waals surface area contributed by atoms with Crippen LogP contribution in [0.4, 0.5) is 5.69 Å². The number of aromatic amines is 1. The van der Waals surface area contributed by atoms with Crippen molar-refractivity contribution in [3.05, 3.63) is 98.3 Å². The van der Waals surface area contributed by atoms with Crippen molar-refractivity contribution in [1.82, 2.24) is 10.4 Å². The molecule has 1 aromatic heterocycles. The topological polar surface area (TPSA) is 119 Å². The van der Waals surface area contributed by atoms with Gasteiger partial charge in [0.25, 0.3) is 11.2 Å². The highest BCUT2D eigenvalue weighted by atomic mass is 16.6. The highest BCUT2D eigenvalue weighted by Gasteiger charge is 2.28. The minimum atomic E-state index is -0.444. The second-order valence-electron chi connectivity index (χ2n) is 8.12. The van der Waals surface area contributed by atoms with E-state index in [2.05, 4.69) is 15.5 Å². The molecule has 1 aliphatic rings. The summed E-state index contributed by atoms with van der Waals surface area (Å²) in [4.78, 5) is 27.2. The van der Waals surface area contributed by atoms with Crippen LogP contribution in [0.15, 0.2) is 76.6 Å². The number of non-ortho nitro benzene ring substituents is 1. The number of pyridine rings is 1. The molecule has 0 fully saturated rings. The van der Waals surface area contributed by atoms with Crippen molar-refractivity contribution < 1.29 is 14.4 Å². The maximum absolute atomic E-state index is 13.3. The zero-order valence-corrected chi connectivity index (χ0v) is 19.1. The molecule has 0 saturated heterocycles. The number of H-pyrrole nitrogens is 1. The van der Waals surface area contributed by atoms with Gasteiger partial charge in [-0.05, 0) is 29.3 Å². The number of methoxy groups -OCH3 is 2. The first-order valence-electron chi connectivity index (χ1n) is 10.9. The van der Waals surface area contributed by atoms with E-state index in [9.17, 15) is 14.9 Å². The Morgan fingerprint density at radius 2 is 1.74 bits per heavy atom. The smallest absolute Gasteiger partial charge is 0.270 e. The fourth-order valence-corrected chi connectivity index (χ4v) is 4.44. The minimum absolute atomic E-state index is 0.0534. The molecule has 4 aromatic rings.